The SMILES string of the molecule is Fc1cccc(CNCc2ccccc2)c1Br. The highest BCUT2D eigenvalue weighted by Gasteiger charge is 2.04. The molecule has 0 atom stereocenters. The maximum absolute atomic E-state index is 13.3. The van der Waals surface area contributed by atoms with Crippen LogP contribution in [-0.4, -0.2) is 0 Å². The van der Waals surface area contributed by atoms with Gasteiger partial charge in [-0.2, -0.15) is 0 Å². The first-order valence-corrected chi connectivity index (χ1v) is 6.24. The Morgan fingerprint density at radius 3 is 2.47 bits per heavy atom. The minimum atomic E-state index is -0.219. The van der Waals surface area contributed by atoms with Crippen LogP contribution in [0.5, 0.6) is 0 Å². The van der Waals surface area contributed by atoms with Crippen LogP contribution < -0.4 is 5.32 Å². The molecule has 0 aliphatic rings. The van der Waals surface area contributed by atoms with E-state index in [1.807, 2.05) is 24.3 Å². The molecule has 0 spiro atoms. The molecule has 0 unspecified atom stereocenters. The van der Waals surface area contributed by atoms with E-state index in [0.29, 0.717) is 11.0 Å². The number of nitrogens with one attached hydrogen (secondary N) is 1. The maximum atomic E-state index is 13.3. The van der Waals surface area contributed by atoms with Crippen molar-refractivity contribution in [3.8, 4) is 0 Å². The van der Waals surface area contributed by atoms with E-state index in [1.165, 1.54) is 11.6 Å². The highest BCUT2D eigenvalue weighted by Crippen LogP contribution is 2.20. The molecule has 3 heteroatoms. The molecule has 0 aromatic heterocycles. The summed E-state index contributed by atoms with van der Waals surface area (Å²) in [4.78, 5) is 0. The van der Waals surface area contributed by atoms with Gasteiger partial charge in [0.2, 0.25) is 0 Å². The monoisotopic (exact) mass is 293 g/mol. The van der Waals surface area contributed by atoms with E-state index in [-0.39, 0.29) is 5.82 Å². The summed E-state index contributed by atoms with van der Waals surface area (Å²) in [5.41, 5.74) is 2.15. The summed E-state index contributed by atoms with van der Waals surface area (Å²) >= 11 is 3.25. The highest BCUT2D eigenvalue weighted by molar-refractivity contribution is 9.10. The molecule has 2 aromatic carbocycles. The van der Waals surface area contributed by atoms with Gasteiger partial charge in [-0.05, 0) is 33.1 Å². The Bertz CT molecular complexity index is 485. The normalized spacial score (nSPS) is 10.5. The van der Waals surface area contributed by atoms with Crippen molar-refractivity contribution in [3.05, 3.63) is 69.9 Å². The van der Waals surface area contributed by atoms with Crippen LogP contribution in [0.25, 0.3) is 0 Å². The zero-order chi connectivity index (χ0) is 12.1. The molecule has 1 nitrogen and oxygen atoms in total. The van der Waals surface area contributed by atoms with E-state index >= 15 is 0 Å². The van der Waals surface area contributed by atoms with Gasteiger partial charge in [-0.15, -0.1) is 0 Å². The minimum absolute atomic E-state index is 0.219. The molecule has 1 N–H and O–H groups in total. The van der Waals surface area contributed by atoms with E-state index in [0.717, 1.165) is 12.1 Å². The quantitative estimate of drug-likeness (QED) is 0.902. The number of rotatable bonds is 4. The second-order valence-corrected chi connectivity index (χ2v) is 4.60. The predicted octanol–water partition coefficient (Wildman–Crippen LogP) is 3.88. The summed E-state index contributed by atoms with van der Waals surface area (Å²) in [6.45, 7) is 1.43. The zero-order valence-electron chi connectivity index (χ0n) is 9.29. The van der Waals surface area contributed by atoms with Gasteiger partial charge in [-0.1, -0.05) is 42.5 Å². The lowest BCUT2D eigenvalue weighted by molar-refractivity contribution is 0.612. The van der Waals surface area contributed by atoms with E-state index in [2.05, 4.69) is 33.4 Å². The Morgan fingerprint density at radius 2 is 1.71 bits per heavy atom. The summed E-state index contributed by atoms with van der Waals surface area (Å²) < 4.78 is 13.8. The second-order valence-electron chi connectivity index (χ2n) is 3.80. The predicted molar refractivity (Wildman–Crippen MR) is 71.1 cm³/mol. The number of halogens is 2. The lowest BCUT2D eigenvalue weighted by Gasteiger charge is -2.07. The van der Waals surface area contributed by atoms with Crippen LogP contribution in [0.15, 0.2) is 53.0 Å². The Hall–Kier alpha value is -1.19. The van der Waals surface area contributed by atoms with Crippen LogP contribution in [-0.2, 0) is 13.1 Å². The van der Waals surface area contributed by atoms with Gasteiger partial charge in [0, 0.05) is 13.1 Å². The lowest BCUT2D eigenvalue weighted by atomic mass is 10.2. The fourth-order valence-corrected chi connectivity index (χ4v) is 2.03. The molecule has 0 fully saturated rings. The van der Waals surface area contributed by atoms with E-state index < -0.39 is 0 Å². The van der Waals surface area contributed by atoms with Crippen LogP contribution in [0.1, 0.15) is 11.1 Å². The standard InChI is InChI=1S/C14H13BrFN/c15-14-12(7-4-8-13(14)16)10-17-9-11-5-2-1-3-6-11/h1-8,17H,9-10H2. The van der Waals surface area contributed by atoms with Crippen molar-refractivity contribution >= 4 is 15.9 Å². The molecule has 17 heavy (non-hydrogen) atoms. The van der Waals surface area contributed by atoms with E-state index in [9.17, 15) is 4.39 Å². The summed E-state index contributed by atoms with van der Waals surface area (Å²) in [5.74, 6) is -0.219. The molecular weight excluding hydrogens is 281 g/mol. The molecule has 0 amide bonds. The van der Waals surface area contributed by atoms with Gasteiger partial charge in [0.15, 0.2) is 0 Å². The first-order valence-electron chi connectivity index (χ1n) is 5.45. The smallest absolute Gasteiger partial charge is 0.137 e. The van der Waals surface area contributed by atoms with Gasteiger partial charge >= 0.3 is 0 Å². The summed E-state index contributed by atoms with van der Waals surface area (Å²) in [6, 6.07) is 15.2. The summed E-state index contributed by atoms with van der Waals surface area (Å²) in [7, 11) is 0. The van der Waals surface area contributed by atoms with Gasteiger partial charge in [0.1, 0.15) is 5.82 Å². The third-order valence-corrected chi connectivity index (χ3v) is 3.41. The lowest BCUT2D eigenvalue weighted by Crippen LogP contribution is -2.13. The van der Waals surface area contributed by atoms with Crippen molar-refractivity contribution in [1.82, 2.24) is 5.32 Å². The van der Waals surface area contributed by atoms with Gasteiger partial charge in [-0.25, -0.2) is 4.39 Å². The van der Waals surface area contributed by atoms with Crippen molar-refractivity contribution in [2.24, 2.45) is 0 Å². The summed E-state index contributed by atoms with van der Waals surface area (Å²) in [5, 5.41) is 3.29. The number of hydrogen-bond donors (Lipinski definition) is 1. The molecule has 2 rings (SSSR count). The Morgan fingerprint density at radius 1 is 0.941 bits per heavy atom. The average molecular weight is 294 g/mol. The maximum Gasteiger partial charge on any atom is 0.137 e. The molecule has 0 aliphatic carbocycles. The van der Waals surface area contributed by atoms with Crippen molar-refractivity contribution < 1.29 is 4.39 Å². The Labute approximate surface area is 109 Å². The topological polar surface area (TPSA) is 12.0 Å². The molecule has 0 bridgehead atoms. The molecule has 0 saturated heterocycles. The molecule has 2 aromatic rings. The van der Waals surface area contributed by atoms with Gasteiger partial charge in [0.25, 0.3) is 0 Å². The molecular formula is C14H13BrFN. The third-order valence-electron chi connectivity index (χ3n) is 2.52. The van der Waals surface area contributed by atoms with E-state index in [1.54, 1.807) is 6.07 Å². The number of hydrogen-bond acceptors (Lipinski definition) is 1. The van der Waals surface area contributed by atoms with Crippen LogP contribution in [0.2, 0.25) is 0 Å². The van der Waals surface area contributed by atoms with Gasteiger partial charge < -0.3 is 5.32 Å². The van der Waals surface area contributed by atoms with Crippen LogP contribution in [0, 0.1) is 5.82 Å². The van der Waals surface area contributed by atoms with Gasteiger partial charge in [-0.3, -0.25) is 0 Å². The molecule has 88 valence electrons. The molecule has 0 aliphatic heterocycles. The third kappa shape index (κ3) is 3.38. The minimum Gasteiger partial charge on any atom is -0.309 e. The zero-order valence-corrected chi connectivity index (χ0v) is 10.9. The average Bonchev–Trinajstić information content (AvgIpc) is 2.36. The van der Waals surface area contributed by atoms with Crippen LogP contribution in [0.3, 0.4) is 0 Å². The van der Waals surface area contributed by atoms with Crippen molar-refractivity contribution in [2.75, 3.05) is 0 Å². The molecule has 0 saturated carbocycles. The fraction of sp³-hybridized carbons (Fsp3) is 0.143. The molecule has 0 heterocycles. The number of benzene rings is 2. The summed E-state index contributed by atoms with van der Waals surface area (Å²) in [6.07, 6.45) is 0. The van der Waals surface area contributed by atoms with Crippen LogP contribution in [0.4, 0.5) is 4.39 Å². The van der Waals surface area contributed by atoms with Crippen LogP contribution >= 0.6 is 15.9 Å². The first-order chi connectivity index (χ1) is 8.27. The fourth-order valence-electron chi connectivity index (χ4n) is 1.62. The van der Waals surface area contributed by atoms with E-state index in [4.69, 9.17) is 0 Å². The molecule has 0 radical (unpaired) electrons. The largest absolute Gasteiger partial charge is 0.309 e. The Kier molecular flexibility index (Phi) is 4.29. The second kappa shape index (κ2) is 5.94. The first kappa shape index (κ1) is 12.3. The van der Waals surface area contributed by atoms with Crippen molar-refractivity contribution in [3.63, 3.8) is 0 Å². The van der Waals surface area contributed by atoms with Crippen molar-refractivity contribution in [1.29, 1.82) is 0 Å². The Balaban J connectivity index is 1.93. The van der Waals surface area contributed by atoms with Gasteiger partial charge in [0.05, 0.1) is 4.47 Å². The van der Waals surface area contributed by atoms with Crippen molar-refractivity contribution in [2.45, 2.75) is 13.1 Å². The highest BCUT2D eigenvalue weighted by atomic mass is 79.9.